The third kappa shape index (κ3) is 2.54. The number of aromatic nitrogens is 2. The van der Waals surface area contributed by atoms with Crippen LogP contribution in [0.5, 0.6) is 5.75 Å². The van der Waals surface area contributed by atoms with Gasteiger partial charge in [0.15, 0.2) is 0 Å². The highest BCUT2D eigenvalue weighted by atomic mass is 79.9. The molecule has 0 bridgehead atoms. The van der Waals surface area contributed by atoms with Crippen molar-refractivity contribution in [2.75, 3.05) is 7.11 Å². The lowest BCUT2D eigenvalue weighted by molar-refractivity contribution is 0.412. The normalized spacial score (nSPS) is 11.0. The molecule has 0 amide bonds. The minimum Gasteiger partial charge on any atom is -0.496 e. The molecule has 0 radical (unpaired) electrons. The lowest BCUT2D eigenvalue weighted by Gasteiger charge is -2.10. The second-order valence-corrected chi connectivity index (χ2v) is 5.93. The molecule has 0 spiro atoms. The van der Waals surface area contributed by atoms with Gasteiger partial charge in [-0.3, -0.25) is 4.57 Å². The molecule has 108 valence electrons. The summed E-state index contributed by atoms with van der Waals surface area (Å²) in [4.78, 5) is 4.61. The lowest BCUT2D eigenvalue weighted by atomic mass is 10.2. The molecule has 3 rings (SSSR count). The predicted molar refractivity (Wildman–Crippen MR) is 89.6 cm³/mol. The van der Waals surface area contributed by atoms with Crippen LogP contribution in [-0.2, 0) is 5.88 Å². The number of imidazole rings is 1. The second-order valence-electron chi connectivity index (χ2n) is 4.81. The fraction of sp³-hybridized carbons (Fsp3) is 0.188. The van der Waals surface area contributed by atoms with E-state index < -0.39 is 0 Å². The molecule has 0 aliphatic heterocycles. The summed E-state index contributed by atoms with van der Waals surface area (Å²) in [6.07, 6.45) is 0. The maximum atomic E-state index is 6.07. The minimum atomic E-state index is 0.359. The quantitative estimate of drug-likeness (QED) is 0.621. The largest absolute Gasteiger partial charge is 0.496 e. The van der Waals surface area contributed by atoms with Gasteiger partial charge in [0.2, 0.25) is 0 Å². The van der Waals surface area contributed by atoms with Crippen molar-refractivity contribution in [2.45, 2.75) is 12.8 Å². The van der Waals surface area contributed by atoms with E-state index in [2.05, 4.69) is 44.5 Å². The molecule has 5 heteroatoms. The summed E-state index contributed by atoms with van der Waals surface area (Å²) in [7, 11) is 1.65. The van der Waals surface area contributed by atoms with Crippen LogP contribution in [0.4, 0.5) is 0 Å². The van der Waals surface area contributed by atoms with Gasteiger partial charge in [-0.2, -0.15) is 0 Å². The van der Waals surface area contributed by atoms with Crippen molar-refractivity contribution in [3.05, 3.63) is 52.3 Å². The first-order valence-electron chi connectivity index (χ1n) is 6.52. The molecule has 0 saturated carbocycles. The van der Waals surface area contributed by atoms with Crippen molar-refractivity contribution in [3.63, 3.8) is 0 Å². The summed E-state index contributed by atoms with van der Waals surface area (Å²) >= 11 is 9.60. The predicted octanol–water partition coefficient (Wildman–Crippen LogP) is 4.84. The fourth-order valence-electron chi connectivity index (χ4n) is 2.41. The maximum Gasteiger partial charge on any atom is 0.133 e. The third-order valence-electron chi connectivity index (χ3n) is 3.39. The van der Waals surface area contributed by atoms with Crippen molar-refractivity contribution in [2.24, 2.45) is 0 Å². The zero-order valence-electron chi connectivity index (χ0n) is 11.7. The Balaban J connectivity index is 2.27. The molecule has 0 N–H and O–H groups in total. The van der Waals surface area contributed by atoms with Crippen LogP contribution in [0, 0.1) is 6.92 Å². The van der Waals surface area contributed by atoms with Crippen molar-refractivity contribution >= 4 is 38.6 Å². The lowest BCUT2D eigenvalue weighted by Crippen LogP contribution is -2.00. The maximum absolute atomic E-state index is 6.07. The summed E-state index contributed by atoms with van der Waals surface area (Å²) in [5, 5.41) is 0. The van der Waals surface area contributed by atoms with Crippen molar-refractivity contribution in [1.29, 1.82) is 0 Å². The Morgan fingerprint density at radius 1 is 1.24 bits per heavy atom. The fourth-order valence-corrected chi connectivity index (χ4v) is 3.12. The molecule has 21 heavy (non-hydrogen) atoms. The number of rotatable bonds is 3. The van der Waals surface area contributed by atoms with Crippen molar-refractivity contribution in [1.82, 2.24) is 9.55 Å². The summed E-state index contributed by atoms with van der Waals surface area (Å²) in [5.74, 6) is 1.98. The number of methoxy groups -OCH3 is 1. The number of ether oxygens (including phenoxy) is 1. The van der Waals surface area contributed by atoms with Crippen LogP contribution in [0.25, 0.3) is 16.7 Å². The Morgan fingerprint density at radius 2 is 2.05 bits per heavy atom. The second kappa shape index (κ2) is 5.70. The van der Waals surface area contributed by atoms with Gasteiger partial charge in [-0.05, 0) is 58.7 Å². The van der Waals surface area contributed by atoms with E-state index in [1.54, 1.807) is 7.11 Å². The first kappa shape index (κ1) is 14.4. The van der Waals surface area contributed by atoms with Gasteiger partial charge in [0.05, 0.1) is 28.5 Å². The first-order valence-corrected chi connectivity index (χ1v) is 7.84. The van der Waals surface area contributed by atoms with Crippen LogP contribution in [0.3, 0.4) is 0 Å². The zero-order chi connectivity index (χ0) is 15.0. The van der Waals surface area contributed by atoms with E-state index in [1.807, 2.05) is 24.3 Å². The average molecular weight is 366 g/mol. The van der Waals surface area contributed by atoms with Crippen molar-refractivity contribution < 1.29 is 4.74 Å². The van der Waals surface area contributed by atoms with E-state index >= 15 is 0 Å². The Morgan fingerprint density at radius 3 is 2.71 bits per heavy atom. The summed E-state index contributed by atoms with van der Waals surface area (Å²) in [6, 6.07) is 12.1. The van der Waals surface area contributed by atoms with Crippen LogP contribution >= 0.6 is 27.5 Å². The molecule has 1 aromatic heterocycles. The number of benzene rings is 2. The number of alkyl halides is 1. The Bertz CT molecular complexity index is 813. The highest BCUT2D eigenvalue weighted by molar-refractivity contribution is 9.10. The van der Waals surface area contributed by atoms with Crippen LogP contribution in [0.15, 0.2) is 40.9 Å². The number of hydrogen-bond donors (Lipinski definition) is 0. The van der Waals surface area contributed by atoms with E-state index in [0.29, 0.717) is 5.88 Å². The smallest absolute Gasteiger partial charge is 0.133 e. The van der Waals surface area contributed by atoms with Gasteiger partial charge >= 0.3 is 0 Å². The Hall–Kier alpha value is -1.52. The summed E-state index contributed by atoms with van der Waals surface area (Å²) < 4.78 is 8.27. The van der Waals surface area contributed by atoms with E-state index in [9.17, 15) is 0 Å². The molecule has 3 nitrogen and oxygen atoms in total. The Kier molecular flexibility index (Phi) is 3.91. The number of halogens is 2. The summed E-state index contributed by atoms with van der Waals surface area (Å²) in [5.41, 5.74) is 4.20. The van der Waals surface area contributed by atoms with Gasteiger partial charge in [-0.15, -0.1) is 11.6 Å². The summed E-state index contributed by atoms with van der Waals surface area (Å²) in [6.45, 7) is 2.07. The van der Waals surface area contributed by atoms with Crippen LogP contribution in [-0.4, -0.2) is 16.7 Å². The van der Waals surface area contributed by atoms with Crippen molar-refractivity contribution in [3.8, 4) is 11.4 Å². The number of hydrogen-bond acceptors (Lipinski definition) is 2. The number of aryl methyl sites for hydroxylation is 1. The molecule has 0 saturated heterocycles. The minimum absolute atomic E-state index is 0.359. The van der Waals surface area contributed by atoms with Crippen LogP contribution in [0.2, 0.25) is 0 Å². The number of nitrogens with zero attached hydrogens (tertiary/aromatic N) is 2. The molecule has 0 aliphatic carbocycles. The Labute approximate surface area is 136 Å². The van der Waals surface area contributed by atoms with E-state index in [4.69, 9.17) is 16.3 Å². The van der Waals surface area contributed by atoms with Gasteiger partial charge in [0, 0.05) is 5.69 Å². The van der Waals surface area contributed by atoms with E-state index in [-0.39, 0.29) is 0 Å². The van der Waals surface area contributed by atoms with Gasteiger partial charge in [-0.1, -0.05) is 6.07 Å². The molecular formula is C16H14BrClN2O. The zero-order valence-corrected chi connectivity index (χ0v) is 14.1. The average Bonchev–Trinajstić information content (AvgIpc) is 2.84. The first-order chi connectivity index (χ1) is 10.1. The number of fused-ring (bicyclic) bond motifs is 1. The topological polar surface area (TPSA) is 27.1 Å². The van der Waals surface area contributed by atoms with Gasteiger partial charge in [-0.25, -0.2) is 4.98 Å². The SMILES string of the molecule is COc1ccc(-n2c(CCl)nc3ccc(C)cc32)cc1Br. The van der Waals surface area contributed by atoms with Gasteiger partial charge in [0.1, 0.15) is 11.6 Å². The van der Waals surface area contributed by atoms with Gasteiger partial charge in [0.25, 0.3) is 0 Å². The van der Waals surface area contributed by atoms with Gasteiger partial charge < -0.3 is 4.74 Å². The van der Waals surface area contributed by atoms with Crippen LogP contribution in [0.1, 0.15) is 11.4 Å². The molecule has 0 unspecified atom stereocenters. The third-order valence-corrected chi connectivity index (χ3v) is 4.25. The molecule has 2 aromatic carbocycles. The molecule has 0 fully saturated rings. The molecule has 3 aromatic rings. The van der Waals surface area contributed by atoms with E-state index in [1.165, 1.54) is 5.56 Å². The molecular weight excluding hydrogens is 352 g/mol. The molecule has 0 aliphatic rings. The highest BCUT2D eigenvalue weighted by Crippen LogP contribution is 2.30. The molecule has 0 atom stereocenters. The monoisotopic (exact) mass is 364 g/mol. The van der Waals surface area contributed by atoms with Crippen LogP contribution < -0.4 is 4.74 Å². The standard InChI is InChI=1S/C16H14BrClN2O/c1-10-3-5-13-14(7-10)20(16(9-18)19-13)11-4-6-15(21-2)12(17)8-11/h3-8H,9H2,1-2H3. The highest BCUT2D eigenvalue weighted by Gasteiger charge is 2.13. The molecule has 1 heterocycles. The van der Waals surface area contributed by atoms with E-state index in [0.717, 1.165) is 32.8 Å².